The summed E-state index contributed by atoms with van der Waals surface area (Å²) in [5.41, 5.74) is 2.98. The maximum atomic E-state index is 13.9. The Bertz CT molecular complexity index is 1330. The molecule has 0 unspecified atom stereocenters. The lowest BCUT2D eigenvalue weighted by Gasteiger charge is -2.35. The molecule has 0 bridgehead atoms. The number of rotatable bonds is 4. The minimum atomic E-state index is -0.779. The van der Waals surface area contributed by atoms with Crippen LogP contribution in [0.3, 0.4) is 0 Å². The third-order valence-corrected chi connectivity index (χ3v) is 7.12. The first-order valence-corrected chi connectivity index (χ1v) is 11.3. The summed E-state index contributed by atoms with van der Waals surface area (Å²) in [4.78, 5) is 44.6. The second-order valence-electron chi connectivity index (χ2n) is 8.77. The number of benzene rings is 3. The normalized spacial score (nSPS) is 24.6. The molecule has 0 aromatic heterocycles. The van der Waals surface area contributed by atoms with Gasteiger partial charge < -0.3 is 9.64 Å². The smallest absolute Gasteiger partial charge is 0.240 e. The number of ketones is 1. The number of Topliss-reactive ketones (excluding diaryl/α,β-unsaturated/α-hetero) is 1. The number of hydrogen-bond donors (Lipinski definition) is 0. The van der Waals surface area contributed by atoms with Gasteiger partial charge in [-0.2, -0.15) is 0 Å². The first-order chi connectivity index (χ1) is 16.6. The Labute approximate surface area is 197 Å². The van der Waals surface area contributed by atoms with Gasteiger partial charge in [0.25, 0.3) is 0 Å². The van der Waals surface area contributed by atoms with E-state index in [1.54, 1.807) is 55.6 Å². The maximum absolute atomic E-state index is 13.9. The Morgan fingerprint density at radius 3 is 2.24 bits per heavy atom. The van der Waals surface area contributed by atoms with Gasteiger partial charge in [-0.15, -0.1) is 0 Å². The summed E-state index contributed by atoms with van der Waals surface area (Å²) in [7, 11) is 1.57. The molecular weight excluding hydrogens is 428 g/mol. The van der Waals surface area contributed by atoms with E-state index in [2.05, 4.69) is 0 Å². The number of carbonyl (C=O) groups excluding carboxylic acids is 3. The molecule has 3 aliphatic rings. The number of methoxy groups -OCH3 is 1. The first-order valence-electron chi connectivity index (χ1n) is 11.3. The predicted octanol–water partition coefficient (Wildman–Crippen LogP) is 4.09. The molecule has 168 valence electrons. The van der Waals surface area contributed by atoms with Crippen molar-refractivity contribution in [3.8, 4) is 5.75 Å². The molecule has 4 atom stereocenters. The fourth-order valence-corrected chi connectivity index (χ4v) is 5.61. The Morgan fingerprint density at radius 2 is 1.50 bits per heavy atom. The van der Waals surface area contributed by atoms with Gasteiger partial charge in [0, 0.05) is 11.8 Å². The van der Waals surface area contributed by atoms with Crippen LogP contribution in [0.25, 0.3) is 6.08 Å². The fraction of sp³-hybridized carbons (Fsp3) is 0.179. The van der Waals surface area contributed by atoms with Crippen molar-refractivity contribution in [2.45, 2.75) is 12.1 Å². The van der Waals surface area contributed by atoms with Crippen LogP contribution in [-0.2, 0) is 9.59 Å². The van der Waals surface area contributed by atoms with E-state index in [9.17, 15) is 14.4 Å². The number of anilines is 1. The quantitative estimate of drug-likeness (QED) is 0.442. The summed E-state index contributed by atoms with van der Waals surface area (Å²) in [6.45, 7) is 0. The van der Waals surface area contributed by atoms with E-state index in [0.29, 0.717) is 17.0 Å². The molecule has 0 saturated carbocycles. The number of amides is 2. The number of ether oxygens (including phenoxy) is 1. The van der Waals surface area contributed by atoms with E-state index >= 15 is 0 Å². The molecule has 0 spiro atoms. The maximum Gasteiger partial charge on any atom is 0.240 e. The van der Waals surface area contributed by atoms with E-state index in [1.807, 2.05) is 47.5 Å². The summed E-state index contributed by atoms with van der Waals surface area (Å²) < 4.78 is 5.22. The third kappa shape index (κ3) is 2.85. The summed E-state index contributed by atoms with van der Waals surface area (Å²) in [6.07, 6.45) is 3.82. The average Bonchev–Trinajstić information content (AvgIpc) is 3.36. The van der Waals surface area contributed by atoms with Crippen LogP contribution in [0.1, 0.15) is 27.5 Å². The highest BCUT2D eigenvalue weighted by molar-refractivity contribution is 6.24. The Morgan fingerprint density at radius 1 is 0.824 bits per heavy atom. The van der Waals surface area contributed by atoms with Gasteiger partial charge >= 0.3 is 0 Å². The first kappa shape index (κ1) is 20.4. The van der Waals surface area contributed by atoms with Gasteiger partial charge in [-0.3, -0.25) is 14.4 Å². The largest absolute Gasteiger partial charge is 0.497 e. The minimum absolute atomic E-state index is 0.180. The van der Waals surface area contributed by atoms with Crippen molar-refractivity contribution in [2.75, 3.05) is 12.0 Å². The number of carbonyl (C=O) groups is 3. The van der Waals surface area contributed by atoms with Crippen molar-refractivity contribution < 1.29 is 19.1 Å². The van der Waals surface area contributed by atoms with Crippen LogP contribution in [0.5, 0.6) is 5.75 Å². The molecule has 0 aliphatic carbocycles. The van der Waals surface area contributed by atoms with E-state index in [0.717, 1.165) is 11.1 Å². The lowest BCUT2D eigenvalue weighted by atomic mass is 9.83. The number of imide groups is 1. The summed E-state index contributed by atoms with van der Waals surface area (Å²) >= 11 is 0. The van der Waals surface area contributed by atoms with E-state index < -0.39 is 17.9 Å². The average molecular weight is 450 g/mol. The van der Waals surface area contributed by atoms with Crippen LogP contribution < -0.4 is 9.64 Å². The number of nitrogens with zero attached hydrogens (tertiary/aromatic N) is 2. The number of hydrogen-bond acceptors (Lipinski definition) is 5. The summed E-state index contributed by atoms with van der Waals surface area (Å²) in [6, 6.07) is 22.5. The second-order valence-corrected chi connectivity index (χ2v) is 8.77. The molecule has 0 radical (unpaired) electrons. The van der Waals surface area contributed by atoms with Gasteiger partial charge in [0.05, 0.1) is 30.7 Å². The number of fused-ring (bicyclic) bond motifs is 5. The van der Waals surface area contributed by atoms with Crippen molar-refractivity contribution in [2.24, 2.45) is 11.8 Å². The van der Waals surface area contributed by atoms with Gasteiger partial charge in [-0.05, 0) is 53.6 Å². The van der Waals surface area contributed by atoms with Crippen LogP contribution >= 0.6 is 0 Å². The molecule has 2 saturated heterocycles. The van der Waals surface area contributed by atoms with Crippen LogP contribution in [0.15, 0.2) is 85.1 Å². The molecule has 2 fully saturated rings. The molecule has 3 aromatic carbocycles. The minimum Gasteiger partial charge on any atom is -0.497 e. The molecule has 3 heterocycles. The van der Waals surface area contributed by atoms with Gasteiger partial charge in [-0.1, -0.05) is 42.5 Å². The summed E-state index contributed by atoms with van der Waals surface area (Å²) in [5.74, 6) is -1.54. The summed E-state index contributed by atoms with van der Waals surface area (Å²) in [5, 5.41) is 0. The van der Waals surface area contributed by atoms with Crippen molar-refractivity contribution in [1.29, 1.82) is 0 Å². The van der Waals surface area contributed by atoms with Gasteiger partial charge in [0.2, 0.25) is 11.8 Å². The van der Waals surface area contributed by atoms with Crippen molar-refractivity contribution in [3.63, 3.8) is 0 Å². The highest BCUT2D eigenvalue weighted by Crippen LogP contribution is 2.53. The van der Waals surface area contributed by atoms with Crippen LogP contribution in [0.2, 0.25) is 0 Å². The molecule has 3 aromatic rings. The molecule has 0 N–H and O–H groups in total. The van der Waals surface area contributed by atoms with Crippen molar-refractivity contribution in [3.05, 3.63) is 102 Å². The zero-order valence-electron chi connectivity index (χ0n) is 18.5. The second kappa shape index (κ2) is 7.70. The molecule has 6 rings (SSSR count). The Kier molecular flexibility index (Phi) is 4.62. The highest BCUT2D eigenvalue weighted by Gasteiger charge is 2.64. The van der Waals surface area contributed by atoms with Gasteiger partial charge in [0.1, 0.15) is 11.8 Å². The standard InChI is InChI=1S/C28H22N2O4/c1-34-20-13-11-18(12-14-20)26(31)25-23-22(24-21-10-6-5-7-17(21)15-16-29(24)25)27(32)30(28(23)33)19-8-3-2-4-9-19/h2-16,22-25H,1H3/t22-,23+,24+,25-/m0/s1. The van der Waals surface area contributed by atoms with Crippen molar-refractivity contribution >= 4 is 29.4 Å². The molecule has 6 heteroatoms. The molecule has 6 nitrogen and oxygen atoms in total. The van der Waals surface area contributed by atoms with E-state index in [4.69, 9.17) is 4.74 Å². The van der Waals surface area contributed by atoms with Crippen LogP contribution in [-0.4, -0.2) is 35.6 Å². The Hall–Kier alpha value is -4.19. The topological polar surface area (TPSA) is 66.9 Å². The molecule has 34 heavy (non-hydrogen) atoms. The Balaban J connectivity index is 1.48. The third-order valence-electron chi connectivity index (χ3n) is 7.12. The zero-order chi connectivity index (χ0) is 23.4. The van der Waals surface area contributed by atoms with E-state index in [1.165, 1.54) is 4.90 Å². The highest BCUT2D eigenvalue weighted by atomic mass is 16.5. The van der Waals surface area contributed by atoms with Gasteiger partial charge in [-0.25, -0.2) is 4.90 Å². The van der Waals surface area contributed by atoms with E-state index in [-0.39, 0.29) is 23.6 Å². The van der Waals surface area contributed by atoms with Crippen molar-refractivity contribution in [1.82, 2.24) is 4.90 Å². The molecular formula is C28H22N2O4. The van der Waals surface area contributed by atoms with Crippen LogP contribution in [0.4, 0.5) is 5.69 Å². The van der Waals surface area contributed by atoms with Gasteiger partial charge in [0.15, 0.2) is 5.78 Å². The SMILES string of the molecule is COc1ccc(C(=O)[C@@H]2[C@@H]3C(=O)N(c4ccccc4)C(=O)[C@@H]3[C@H]3c4ccccc4C=CN23)cc1. The lowest BCUT2D eigenvalue weighted by Crippen LogP contribution is -2.44. The predicted molar refractivity (Wildman–Crippen MR) is 127 cm³/mol. The zero-order valence-corrected chi connectivity index (χ0v) is 18.5. The molecule has 2 amide bonds. The molecule has 3 aliphatic heterocycles. The number of para-hydroxylation sites is 1. The fourth-order valence-electron chi connectivity index (χ4n) is 5.61. The monoisotopic (exact) mass is 450 g/mol. The van der Waals surface area contributed by atoms with Crippen LogP contribution in [0, 0.1) is 11.8 Å². The lowest BCUT2D eigenvalue weighted by molar-refractivity contribution is -0.123.